The summed E-state index contributed by atoms with van der Waals surface area (Å²) in [6, 6.07) is 4.24. The van der Waals surface area contributed by atoms with Crippen LogP contribution in [0.25, 0.3) is 0 Å². The van der Waals surface area contributed by atoms with E-state index in [1.807, 2.05) is 0 Å². The third-order valence-corrected chi connectivity index (χ3v) is 2.41. The lowest BCUT2D eigenvalue weighted by Gasteiger charge is -2.07. The van der Waals surface area contributed by atoms with Gasteiger partial charge in [-0.1, -0.05) is 6.92 Å². The number of aromatic hydroxyl groups is 1. The molecule has 0 spiro atoms. The third kappa shape index (κ3) is 3.21. The normalized spacial score (nSPS) is 11.9. The fraction of sp³-hybridized carbons (Fsp3) is 0.333. The van der Waals surface area contributed by atoms with Crippen LogP contribution in [0.2, 0.25) is 0 Å². The van der Waals surface area contributed by atoms with Gasteiger partial charge < -0.3 is 14.9 Å². The number of rotatable bonds is 5. The van der Waals surface area contributed by atoms with Gasteiger partial charge in [0.05, 0.1) is 13.0 Å². The molecule has 0 fully saturated rings. The smallest absolute Gasteiger partial charge is 0.306 e. The molecular formula is C12H14O5. The number of hydrogen-bond acceptors (Lipinski definition) is 4. The molecule has 0 saturated heterocycles. The first kappa shape index (κ1) is 13.0. The van der Waals surface area contributed by atoms with Gasteiger partial charge in [-0.05, 0) is 18.2 Å². The number of ether oxygens (including phenoxy) is 1. The van der Waals surface area contributed by atoms with Gasteiger partial charge in [0.15, 0.2) is 17.3 Å². The molecule has 92 valence electrons. The van der Waals surface area contributed by atoms with E-state index in [1.165, 1.54) is 32.2 Å². The maximum atomic E-state index is 11.7. The number of carboxylic acids is 1. The molecule has 0 radical (unpaired) electrons. The van der Waals surface area contributed by atoms with Gasteiger partial charge in [-0.25, -0.2) is 0 Å². The zero-order valence-electron chi connectivity index (χ0n) is 9.64. The summed E-state index contributed by atoms with van der Waals surface area (Å²) in [7, 11) is 1.41. The molecular weight excluding hydrogens is 224 g/mol. The molecule has 1 rings (SSSR count). The van der Waals surface area contributed by atoms with Crippen molar-refractivity contribution < 1.29 is 24.5 Å². The number of carboxylic acid groups (broad SMARTS) is 1. The molecule has 2 N–H and O–H groups in total. The highest BCUT2D eigenvalue weighted by molar-refractivity contribution is 5.98. The number of benzene rings is 1. The quantitative estimate of drug-likeness (QED) is 0.762. The molecule has 0 heterocycles. The monoisotopic (exact) mass is 238 g/mol. The van der Waals surface area contributed by atoms with Crippen LogP contribution in [0.3, 0.4) is 0 Å². The zero-order chi connectivity index (χ0) is 13.0. The highest BCUT2D eigenvalue weighted by atomic mass is 16.5. The van der Waals surface area contributed by atoms with E-state index in [0.717, 1.165) is 0 Å². The molecule has 0 aliphatic heterocycles. The van der Waals surface area contributed by atoms with E-state index in [0.29, 0.717) is 0 Å². The Bertz CT molecular complexity index is 439. The molecule has 0 aliphatic carbocycles. The van der Waals surface area contributed by atoms with Crippen LogP contribution in [-0.4, -0.2) is 29.1 Å². The van der Waals surface area contributed by atoms with Crippen LogP contribution in [0.15, 0.2) is 18.2 Å². The van der Waals surface area contributed by atoms with Gasteiger partial charge in [-0.2, -0.15) is 0 Å². The molecule has 1 unspecified atom stereocenters. The Morgan fingerprint density at radius 3 is 2.53 bits per heavy atom. The van der Waals surface area contributed by atoms with Crippen molar-refractivity contribution in [2.45, 2.75) is 13.3 Å². The van der Waals surface area contributed by atoms with Gasteiger partial charge in [-0.3, -0.25) is 9.59 Å². The van der Waals surface area contributed by atoms with Crippen molar-refractivity contribution in [3.05, 3.63) is 23.8 Å². The minimum atomic E-state index is -1.02. The van der Waals surface area contributed by atoms with Crippen LogP contribution in [0.1, 0.15) is 23.7 Å². The van der Waals surface area contributed by atoms with Crippen molar-refractivity contribution >= 4 is 11.8 Å². The number of aliphatic carboxylic acids is 1. The Kier molecular flexibility index (Phi) is 4.09. The second-order valence-electron chi connectivity index (χ2n) is 3.75. The summed E-state index contributed by atoms with van der Waals surface area (Å²) in [5, 5.41) is 18.2. The van der Waals surface area contributed by atoms with Crippen molar-refractivity contribution in [3.63, 3.8) is 0 Å². The van der Waals surface area contributed by atoms with Crippen LogP contribution >= 0.6 is 0 Å². The summed E-state index contributed by atoms with van der Waals surface area (Å²) in [5.74, 6) is -1.95. The van der Waals surface area contributed by atoms with Crippen molar-refractivity contribution in [2.24, 2.45) is 5.92 Å². The van der Waals surface area contributed by atoms with Gasteiger partial charge in [-0.15, -0.1) is 0 Å². The van der Waals surface area contributed by atoms with E-state index < -0.39 is 11.9 Å². The third-order valence-electron chi connectivity index (χ3n) is 2.41. The number of phenols is 1. The molecule has 5 nitrogen and oxygen atoms in total. The number of carbonyl (C=O) groups excluding carboxylic acids is 1. The summed E-state index contributed by atoms with van der Waals surface area (Å²) < 4.78 is 4.84. The van der Waals surface area contributed by atoms with Crippen LogP contribution in [0, 0.1) is 5.92 Å². The average Bonchev–Trinajstić information content (AvgIpc) is 2.28. The minimum Gasteiger partial charge on any atom is -0.504 e. The number of hydrogen-bond donors (Lipinski definition) is 2. The van der Waals surface area contributed by atoms with Crippen molar-refractivity contribution in [1.82, 2.24) is 0 Å². The van der Waals surface area contributed by atoms with Crippen LogP contribution in [0.5, 0.6) is 11.5 Å². The van der Waals surface area contributed by atoms with Gasteiger partial charge in [0.25, 0.3) is 0 Å². The molecule has 0 saturated carbocycles. The summed E-state index contributed by atoms with van der Waals surface area (Å²) in [5.41, 5.74) is 0.274. The fourth-order valence-electron chi connectivity index (χ4n) is 1.35. The van der Waals surface area contributed by atoms with E-state index >= 15 is 0 Å². The lowest BCUT2D eigenvalue weighted by atomic mass is 9.99. The summed E-state index contributed by atoms with van der Waals surface area (Å²) in [4.78, 5) is 22.3. The molecule has 1 atom stereocenters. The maximum Gasteiger partial charge on any atom is 0.306 e. The first-order valence-electron chi connectivity index (χ1n) is 5.08. The lowest BCUT2D eigenvalue weighted by molar-refractivity contribution is -0.141. The largest absolute Gasteiger partial charge is 0.504 e. The molecule has 5 heteroatoms. The number of carbonyl (C=O) groups is 2. The Hall–Kier alpha value is -2.04. The highest BCUT2D eigenvalue weighted by Gasteiger charge is 2.17. The van der Waals surface area contributed by atoms with Crippen LogP contribution in [0.4, 0.5) is 0 Å². The Morgan fingerprint density at radius 1 is 1.41 bits per heavy atom. The fourth-order valence-corrected chi connectivity index (χ4v) is 1.35. The van der Waals surface area contributed by atoms with E-state index in [4.69, 9.17) is 9.84 Å². The van der Waals surface area contributed by atoms with Gasteiger partial charge >= 0.3 is 5.97 Å². The predicted octanol–water partition coefficient (Wildman–Crippen LogP) is 1.69. The molecule has 0 bridgehead atoms. The number of ketones is 1. The first-order valence-corrected chi connectivity index (χ1v) is 5.08. The molecule has 1 aromatic carbocycles. The molecule has 1 aromatic rings. The first-order chi connectivity index (χ1) is 7.95. The Balaban J connectivity index is 2.83. The number of Topliss-reactive ketones (excluding diaryl/α,β-unsaturated/α-hetero) is 1. The Morgan fingerprint density at radius 2 is 2.06 bits per heavy atom. The molecule has 0 aliphatic rings. The summed E-state index contributed by atoms with van der Waals surface area (Å²) >= 11 is 0. The second-order valence-corrected chi connectivity index (χ2v) is 3.75. The lowest BCUT2D eigenvalue weighted by Crippen LogP contribution is -2.14. The summed E-state index contributed by atoms with van der Waals surface area (Å²) in [6.45, 7) is 1.46. The summed E-state index contributed by atoms with van der Waals surface area (Å²) in [6.07, 6.45) is -0.0961. The van der Waals surface area contributed by atoms with Crippen molar-refractivity contribution in [1.29, 1.82) is 0 Å². The minimum absolute atomic E-state index is 0.0961. The Labute approximate surface area is 98.6 Å². The molecule has 0 aromatic heterocycles. The SMILES string of the molecule is COc1ccc(C(=O)CC(C)C(=O)O)cc1O. The van der Waals surface area contributed by atoms with Crippen LogP contribution < -0.4 is 4.74 Å². The molecule has 17 heavy (non-hydrogen) atoms. The standard InChI is InChI=1S/C12H14O5/c1-7(12(15)16)5-9(13)8-3-4-11(17-2)10(14)6-8/h3-4,6-7,14H,5H2,1-2H3,(H,15,16). The molecule has 0 amide bonds. The number of methoxy groups -OCH3 is 1. The number of phenolic OH excluding ortho intramolecular Hbond substituents is 1. The van der Waals surface area contributed by atoms with E-state index in [9.17, 15) is 14.7 Å². The van der Waals surface area contributed by atoms with Gasteiger partial charge in [0.1, 0.15) is 0 Å². The van der Waals surface area contributed by atoms with E-state index in [2.05, 4.69) is 0 Å². The topological polar surface area (TPSA) is 83.8 Å². The van der Waals surface area contributed by atoms with Gasteiger partial charge in [0.2, 0.25) is 0 Å². The van der Waals surface area contributed by atoms with Crippen LogP contribution in [-0.2, 0) is 4.79 Å². The van der Waals surface area contributed by atoms with Crippen molar-refractivity contribution in [3.8, 4) is 11.5 Å². The van der Waals surface area contributed by atoms with E-state index in [1.54, 1.807) is 0 Å². The maximum absolute atomic E-state index is 11.7. The van der Waals surface area contributed by atoms with E-state index in [-0.39, 0.29) is 29.3 Å². The zero-order valence-corrected chi connectivity index (χ0v) is 9.64. The van der Waals surface area contributed by atoms with Crippen molar-refractivity contribution in [2.75, 3.05) is 7.11 Å². The average molecular weight is 238 g/mol. The highest BCUT2D eigenvalue weighted by Crippen LogP contribution is 2.27. The van der Waals surface area contributed by atoms with Gasteiger partial charge in [0, 0.05) is 12.0 Å². The predicted molar refractivity (Wildman–Crippen MR) is 60.4 cm³/mol. The second kappa shape index (κ2) is 5.34.